The highest BCUT2D eigenvalue weighted by Crippen LogP contribution is 2.26. The summed E-state index contributed by atoms with van der Waals surface area (Å²) in [6.45, 7) is 0. The Morgan fingerprint density at radius 3 is 2.78 bits per heavy atom. The van der Waals surface area contributed by atoms with Crippen molar-refractivity contribution in [1.82, 2.24) is 4.98 Å². The van der Waals surface area contributed by atoms with Gasteiger partial charge in [0, 0.05) is 31.2 Å². The molecular weight excluding hydrogens is 293 g/mol. The third-order valence-electron chi connectivity index (χ3n) is 3.74. The maximum Gasteiger partial charge on any atom is 0.228 e. The monoisotopic (exact) mass is 311 g/mol. The Kier molecular flexibility index (Phi) is 4.02. The van der Waals surface area contributed by atoms with Crippen molar-refractivity contribution in [2.24, 2.45) is 0 Å². The predicted molar refractivity (Wildman–Crippen MR) is 91.4 cm³/mol. The van der Waals surface area contributed by atoms with Crippen LogP contribution >= 0.6 is 0 Å². The summed E-state index contributed by atoms with van der Waals surface area (Å²) in [7, 11) is 3.70. The highest BCUT2D eigenvalue weighted by atomic mass is 19.1. The first-order chi connectivity index (χ1) is 11.0. The van der Waals surface area contributed by atoms with Crippen LogP contribution in [0.5, 0.6) is 0 Å². The molecule has 0 fully saturated rings. The first-order valence-electron chi connectivity index (χ1n) is 7.36. The number of carbonyl (C=O) groups is 1. The molecule has 0 saturated carbocycles. The number of hydrogen-bond donors (Lipinski definition) is 2. The fraction of sp³-hybridized carbons (Fsp3) is 0.167. The van der Waals surface area contributed by atoms with Gasteiger partial charge in [-0.1, -0.05) is 18.2 Å². The Morgan fingerprint density at radius 2 is 2.00 bits per heavy atom. The van der Waals surface area contributed by atoms with E-state index in [0.29, 0.717) is 5.69 Å². The molecule has 5 heteroatoms. The lowest BCUT2D eigenvalue weighted by molar-refractivity contribution is -0.115. The van der Waals surface area contributed by atoms with Crippen molar-refractivity contribution in [3.05, 3.63) is 60.0 Å². The molecule has 0 unspecified atom stereocenters. The molecule has 0 bridgehead atoms. The molecule has 3 aromatic rings. The molecule has 1 amide bonds. The highest BCUT2D eigenvalue weighted by molar-refractivity contribution is 5.98. The Balaban J connectivity index is 1.81. The molecule has 0 aliphatic rings. The molecule has 0 saturated heterocycles. The number of anilines is 2. The molecule has 3 rings (SSSR count). The molecule has 0 aliphatic carbocycles. The van der Waals surface area contributed by atoms with Gasteiger partial charge < -0.3 is 15.2 Å². The maximum atomic E-state index is 13.5. The van der Waals surface area contributed by atoms with Crippen molar-refractivity contribution in [2.45, 2.75) is 6.42 Å². The summed E-state index contributed by atoms with van der Waals surface area (Å²) < 4.78 is 13.5. The van der Waals surface area contributed by atoms with Crippen LogP contribution in [0.1, 0.15) is 5.56 Å². The maximum absolute atomic E-state index is 13.5. The fourth-order valence-corrected chi connectivity index (χ4v) is 2.64. The lowest BCUT2D eigenvalue weighted by Gasteiger charge is -2.18. The number of nitrogens with zero attached hydrogens (tertiary/aromatic N) is 1. The van der Waals surface area contributed by atoms with Gasteiger partial charge in [-0.15, -0.1) is 0 Å². The Morgan fingerprint density at radius 1 is 1.22 bits per heavy atom. The number of benzene rings is 2. The van der Waals surface area contributed by atoms with Crippen LogP contribution in [0, 0.1) is 5.82 Å². The van der Waals surface area contributed by atoms with E-state index < -0.39 is 0 Å². The molecule has 2 N–H and O–H groups in total. The van der Waals surface area contributed by atoms with Gasteiger partial charge in [-0.25, -0.2) is 4.39 Å². The van der Waals surface area contributed by atoms with Crippen LogP contribution in [-0.4, -0.2) is 25.0 Å². The van der Waals surface area contributed by atoms with Gasteiger partial charge in [-0.2, -0.15) is 0 Å². The summed E-state index contributed by atoms with van der Waals surface area (Å²) in [5.74, 6) is -0.554. The second-order valence-electron chi connectivity index (χ2n) is 5.64. The third-order valence-corrected chi connectivity index (χ3v) is 3.74. The van der Waals surface area contributed by atoms with Crippen molar-refractivity contribution in [2.75, 3.05) is 24.3 Å². The van der Waals surface area contributed by atoms with Gasteiger partial charge in [-0.05, 0) is 29.8 Å². The Labute approximate surface area is 133 Å². The molecule has 4 nitrogen and oxygen atoms in total. The summed E-state index contributed by atoms with van der Waals surface area (Å²) in [4.78, 5) is 17.3. The number of halogens is 1. The molecule has 118 valence electrons. The average molecular weight is 311 g/mol. The van der Waals surface area contributed by atoms with Crippen LogP contribution in [0.25, 0.3) is 10.9 Å². The zero-order valence-corrected chi connectivity index (χ0v) is 13.1. The van der Waals surface area contributed by atoms with Crippen LogP contribution in [-0.2, 0) is 11.2 Å². The zero-order chi connectivity index (χ0) is 16.4. The average Bonchev–Trinajstić information content (AvgIpc) is 2.90. The van der Waals surface area contributed by atoms with Crippen LogP contribution < -0.4 is 10.2 Å². The first-order valence-corrected chi connectivity index (χ1v) is 7.36. The first kappa shape index (κ1) is 15.1. The van der Waals surface area contributed by atoms with Crippen molar-refractivity contribution in [1.29, 1.82) is 0 Å². The normalized spacial score (nSPS) is 10.7. The second-order valence-corrected chi connectivity index (χ2v) is 5.64. The Bertz CT molecular complexity index is 854. The predicted octanol–water partition coefficient (Wildman–Crippen LogP) is 3.55. The van der Waals surface area contributed by atoms with E-state index in [1.54, 1.807) is 6.07 Å². The number of nitrogens with one attached hydrogen (secondary N) is 2. The van der Waals surface area contributed by atoms with Crippen molar-refractivity contribution in [3.63, 3.8) is 0 Å². The van der Waals surface area contributed by atoms with Crippen LogP contribution in [0.3, 0.4) is 0 Å². The van der Waals surface area contributed by atoms with Gasteiger partial charge >= 0.3 is 0 Å². The van der Waals surface area contributed by atoms with Gasteiger partial charge in [0.25, 0.3) is 0 Å². The van der Waals surface area contributed by atoms with Crippen molar-refractivity contribution in [3.8, 4) is 0 Å². The second kappa shape index (κ2) is 6.12. The topological polar surface area (TPSA) is 48.1 Å². The summed E-state index contributed by atoms with van der Waals surface area (Å²) in [5, 5.41) is 3.82. The lowest BCUT2D eigenvalue weighted by atomic mass is 10.1. The van der Waals surface area contributed by atoms with E-state index in [0.717, 1.165) is 22.2 Å². The quantitative estimate of drug-likeness (QED) is 0.774. The van der Waals surface area contributed by atoms with Crippen LogP contribution in [0.2, 0.25) is 0 Å². The third kappa shape index (κ3) is 3.18. The Hall–Kier alpha value is -2.82. The number of para-hydroxylation sites is 1. The van der Waals surface area contributed by atoms with Crippen LogP contribution in [0.15, 0.2) is 48.7 Å². The summed E-state index contributed by atoms with van der Waals surface area (Å²) in [6, 6.07) is 12.2. The minimum absolute atomic E-state index is 0.177. The number of rotatable bonds is 4. The molecule has 0 radical (unpaired) electrons. The highest BCUT2D eigenvalue weighted by Gasteiger charge is 2.12. The van der Waals surface area contributed by atoms with Gasteiger partial charge in [0.15, 0.2) is 0 Å². The number of fused-ring (bicyclic) bond motifs is 1. The van der Waals surface area contributed by atoms with Gasteiger partial charge in [0.05, 0.1) is 17.8 Å². The zero-order valence-electron chi connectivity index (χ0n) is 13.1. The van der Waals surface area contributed by atoms with E-state index in [1.807, 2.05) is 49.5 Å². The summed E-state index contributed by atoms with van der Waals surface area (Å²) in [6.07, 6.45) is 2.07. The summed E-state index contributed by atoms with van der Waals surface area (Å²) >= 11 is 0. The minimum Gasteiger partial charge on any atom is -0.376 e. The number of carbonyl (C=O) groups excluding carboxylic acids is 1. The molecule has 1 aromatic heterocycles. The number of aromatic nitrogens is 1. The largest absolute Gasteiger partial charge is 0.376 e. The molecule has 0 atom stereocenters. The number of hydrogen-bond acceptors (Lipinski definition) is 2. The smallest absolute Gasteiger partial charge is 0.228 e. The van der Waals surface area contributed by atoms with Crippen molar-refractivity contribution >= 4 is 28.2 Å². The van der Waals surface area contributed by atoms with E-state index in [1.165, 1.54) is 12.1 Å². The molecule has 23 heavy (non-hydrogen) atoms. The number of H-pyrrole nitrogens is 1. The number of amides is 1. The van der Waals surface area contributed by atoms with E-state index in [9.17, 15) is 9.18 Å². The molecule has 0 aliphatic heterocycles. The molecular formula is C18H18FN3O. The summed E-state index contributed by atoms with van der Waals surface area (Å²) in [5.41, 5.74) is 3.15. The van der Waals surface area contributed by atoms with Gasteiger partial charge in [-0.3, -0.25) is 4.79 Å². The van der Waals surface area contributed by atoms with E-state index >= 15 is 0 Å². The van der Waals surface area contributed by atoms with Crippen molar-refractivity contribution < 1.29 is 9.18 Å². The van der Waals surface area contributed by atoms with E-state index in [-0.39, 0.29) is 18.1 Å². The fourth-order valence-electron chi connectivity index (χ4n) is 2.64. The van der Waals surface area contributed by atoms with Crippen LogP contribution in [0.4, 0.5) is 15.8 Å². The minimum atomic E-state index is -0.377. The van der Waals surface area contributed by atoms with Gasteiger partial charge in [0.1, 0.15) is 5.82 Å². The van der Waals surface area contributed by atoms with E-state index in [4.69, 9.17) is 0 Å². The van der Waals surface area contributed by atoms with E-state index in [2.05, 4.69) is 10.3 Å². The SMILES string of the molecule is CN(C)c1ccc(F)cc1NC(=O)Cc1c[nH]c2ccccc12. The number of aromatic amines is 1. The van der Waals surface area contributed by atoms with Gasteiger partial charge in [0.2, 0.25) is 5.91 Å². The molecule has 2 aromatic carbocycles. The standard InChI is InChI=1S/C18H18FN3O/c1-22(2)17-8-7-13(19)10-16(17)21-18(23)9-12-11-20-15-6-4-3-5-14(12)15/h3-8,10-11,20H,9H2,1-2H3,(H,21,23). The molecule has 1 heterocycles. The lowest BCUT2D eigenvalue weighted by Crippen LogP contribution is -2.18. The molecule has 0 spiro atoms.